The van der Waals surface area contributed by atoms with Gasteiger partial charge in [-0.05, 0) is 37.5 Å². The Balaban J connectivity index is 5.19. The van der Waals surface area contributed by atoms with Gasteiger partial charge in [0.05, 0.1) is 26.4 Å². The Morgan fingerprint density at radius 1 is 0.273 bits per heavy atom. The quantitative estimate of drug-likeness (QED) is 0.0222. The van der Waals surface area contributed by atoms with Crippen molar-refractivity contribution in [1.82, 2.24) is 0 Å². The molecule has 0 radical (unpaired) electrons. The van der Waals surface area contributed by atoms with E-state index >= 15 is 0 Å². The number of hydrogen-bond acceptors (Lipinski definition) is 15. The standard InChI is InChI=1S/C80H156O17P2/c1-7-9-11-13-15-17-19-21-23-25-27-28-29-31-33-35-37-39-44-52-58-64-79(84)96-75(68-90-77(82)62-56-50-43-38-36-34-32-30-26-24-22-20-18-16-14-12-10-8-2)70-94-98(86,87)92-66-74(81)67-93-99(88,89)95-71-76(69-91-78(83)63-57-51-47-46-49-55-61-73(5)6)97-80(85)65-59-53-45-41-40-42-48-54-60-72(3)4/h72-76,81H,7-71H2,1-6H3,(H,86,87)(H,88,89)/t74-,75-,76-/m1/s1. The molecule has 2 unspecified atom stereocenters. The van der Waals surface area contributed by atoms with Gasteiger partial charge in [0.1, 0.15) is 19.3 Å². The van der Waals surface area contributed by atoms with E-state index in [0.717, 1.165) is 102 Å². The fourth-order valence-electron chi connectivity index (χ4n) is 12.4. The smallest absolute Gasteiger partial charge is 0.462 e. The number of aliphatic hydroxyl groups is 1. The van der Waals surface area contributed by atoms with Crippen LogP contribution in [0.15, 0.2) is 0 Å². The van der Waals surface area contributed by atoms with Gasteiger partial charge < -0.3 is 33.8 Å². The highest BCUT2D eigenvalue weighted by Crippen LogP contribution is 2.45. The highest BCUT2D eigenvalue weighted by Gasteiger charge is 2.30. The average molecular weight is 1450 g/mol. The van der Waals surface area contributed by atoms with Gasteiger partial charge in [-0.1, -0.05) is 369 Å². The molecule has 588 valence electrons. The van der Waals surface area contributed by atoms with Gasteiger partial charge in [-0.2, -0.15) is 0 Å². The molecule has 3 N–H and O–H groups in total. The number of rotatable bonds is 79. The SMILES string of the molecule is CCCCCCCCCCCCCCCCCCCCCCCC(=O)O[C@H](COC(=O)CCCCCCCCCCCCCCCCCCCC)COP(=O)(O)OC[C@@H](O)COP(=O)(O)OC[C@@H](COC(=O)CCCCCCCCC(C)C)OC(=O)CCCCCCCCCCC(C)C. The van der Waals surface area contributed by atoms with Crippen molar-refractivity contribution in [3.63, 3.8) is 0 Å². The number of hydrogen-bond donors (Lipinski definition) is 3. The van der Waals surface area contributed by atoms with E-state index in [0.29, 0.717) is 31.6 Å². The van der Waals surface area contributed by atoms with Crippen LogP contribution in [0.4, 0.5) is 0 Å². The van der Waals surface area contributed by atoms with E-state index in [4.69, 9.17) is 37.0 Å². The maximum Gasteiger partial charge on any atom is 0.472 e. The monoisotopic (exact) mass is 1450 g/mol. The molecule has 0 spiro atoms. The van der Waals surface area contributed by atoms with Crippen LogP contribution in [0, 0.1) is 11.8 Å². The van der Waals surface area contributed by atoms with E-state index in [1.807, 2.05) is 0 Å². The minimum atomic E-state index is -4.96. The molecule has 17 nitrogen and oxygen atoms in total. The molecule has 0 aliphatic rings. The molecule has 99 heavy (non-hydrogen) atoms. The molecule has 0 saturated heterocycles. The predicted molar refractivity (Wildman–Crippen MR) is 405 cm³/mol. The van der Waals surface area contributed by atoms with Gasteiger partial charge in [0.2, 0.25) is 0 Å². The van der Waals surface area contributed by atoms with Crippen molar-refractivity contribution in [3.8, 4) is 0 Å². The number of phosphoric acid groups is 2. The van der Waals surface area contributed by atoms with Crippen LogP contribution < -0.4 is 0 Å². The van der Waals surface area contributed by atoms with Gasteiger partial charge in [0.15, 0.2) is 12.2 Å². The minimum Gasteiger partial charge on any atom is -0.462 e. The number of phosphoric ester groups is 2. The van der Waals surface area contributed by atoms with Gasteiger partial charge in [-0.3, -0.25) is 37.3 Å². The third-order valence-corrected chi connectivity index (χ3v) is 20.6. The lowest BCUT2D eigenvalue weighted by Crippen LogP contribution is -2.30. The molecule has 0 fully saturated rings. The lowest BCUT2D eigenvalue weighted by Gasteiger charge is -2.21. The van der Waals surface area contributed by atoms with Gasteiger partial charge in [0.25, 0.3) is 0 Å². The second kappa shape index (κ2) is 71.7. The topological polar surface area (TPSA) is 237 Å². The molecule has 5 atom stereocenters. The van der Waals surface area contributed by atoms with Crippen molar-refractivity contribution in [3.05, 3.63) is 0 Å². The lowest BCUT2D eigenvalue weighted by molar-refractivity contribution is -0.161. The van der Waals surface area contributed by atoms with Gasteiger partial charge in [-0.15, -0.1) is 0 Å². The van der Waals surface area contributed by atoms with Crippen LogP contribution in [0.2, 0.25) is 0 Å². The number of aliphatic hydroxyl groups excluding tert-OH is 1. The van der Waals surface area contributed by atoms with E-state index in [1.54, 1.807) is 0 Å². The Morgan fingerprint density at radius 2 is 0.465 bits per heavy atom. The molecular formula is C80H156O17P2. The molecule has 0 rings (SSSR count). The highest BCUT2D eigenvalue weighted by molar-refractivity contribution is 7.47. The minimum absolute atomic E-state index is 0.104. The number of ether oxygens (including phenoxy) is 4. The van der Waals surface area contributed by atoms with Crippen LogP contribution in [0.1, 0.15) is 420 Å². The first kappa shape index (κ1) is 97.1. The predicted octanol–water partition coefficient (Wildman–Crippen LogP) is 23.9. The summed E-state index contributed by atoms with van der Waals surface area (Å²) in [5, 5.41) is 10.6. The third kappa shape index (κ3) is 74.1. The van der Waals surface area contributed by atoms with Crippen molar-refractivity contribution in [2.24, 2.45) is 11.8 Å². The summed E-state index contributed by atoms with van der Waals surface area (Å²) in [6.45, 7) is 9.49. The van der Waals surface area contributed by atoms with Crippen molar-refractivity contribution < 1.29 is 80.2 Å². The molecular weight excluding hydrogens is 1290 g/mol. The van der Waals surface area contributed by atoms with Crippen LogP contribution in [-0.2, 0) is 65.4 Å². The summed E-state index contributed by atoms with van der Waals surface area (Å²) >= 11 is 0. The van der Waals surface area contributed by atoms with Crippen molar-refractivity contribution in [1.29, 1.82) is 0 Å². The first-order valence-corrected chi connectivity index (χ1v) is 44.5. The zero-order chi connectivity index (χ0) is 72.8. The largest absolute Gasteiger partial charge is 0.472 e. The number of unbranched alkanes of at least 4 members (excludes halogenated alkanes) is 49. The maximum absolute atomic E-state index is 13.1. The van der Waals surface area contributed by atoms with Crippen LogP contribution in [-0.4, -0.2) is 96.7 Å². The van der Waals surface area contributed by atoms with Crippen LogP contribution >= 0.6 is 15.6 Å². The summed E-state index contributed by atoms with van der Waals surface area (Å²) in [7, 11) is -9.91. The van der Waals surface area contributed by atoms with E-state index in [-0.39, 0.29) is 25.7 Å². The van der Waals surface area contributed by atoms with Crippen molar-refractivity contribution in [2.75, 3.05) is 39.6 Å². The lowest BCUT2D eigenvalue weighted by atomic mass is 10.0. The highest BCUT2D eigenvalue weighted by atomic mass is 31.2. The third-order valence-electron chi connectivity index (χ3n) is 18.7. The Kier molecular flexibility index (Phi) is 70.3. The first-order valence-electron chi connectivity index (χ1n) is 41.5. The summed E-state index contributed by atoms with van der Waals surface area (Å²) in [5.74, 6) is -0.718. The molecule has 0 aliphatic carbocycles. The molecule has 0 heterocycles. The second-order valence-electron chi connectivity index (χ2n) is 29.8. The van der Waals surface area contributed by atoms with E-state index in [9.17, 15) is 43.2 Å². The van der Waals surface area contributed by atoms with Gasteiger partial charge >= 0.3 is 39.5 Å². The molecule has 0 bridgehead atoms. The zero-order valence-electron chi connectivity index (χ0n) is 64.8. The number of carbonyl (C=O) groups excluding carboxylic acids is 4. The maximum atomic E-state index is 13.1. The normalized spacial score (nSPS) is 13.9. The molecule has 0 aromatic rings. The van der Waals surface area contributed by atoms with Crippen LogP contribution in [0.25, 0.3) is 0 Å². The van der Waals surface area contributed by atoms with Crippen LogP contribution in [0.5, 0.6) is 0 Å². The Hall–Kier alpha value is -1.94. The second-order valence-corrected chi connectivity index (χ2v) is 32.7. The fourth-order valence-corrected chi connectivity index (χ4v) is 13.9. The van der Waals surface area contributed by atoms with Crippen molar-refractivity contribution in [2.45, 2.75) is 439 Å². The average Bonchev–Trinajstić information content (AvgIpc) is 1.06. The van der Waals surface area contributed by atoms with Crippen molar-refractivity contribution >= 4 is 39.5 Å². The Labute approximate surface area is 607 Å². The fraction of sp³-hybridized carbons (Fsp3) is 0.950. The van der Waals surface area contributed by atoms with E-state index in [2.05, 4.69) is 41.5 Å². The summed E-state index contributed by atoms with van der Waals surface area (Å²) in [5.41, 5.74) is 0. The van der Waals surface area contributed by atoms with Gasteiger partial charge in [-0.25, -0.2) is 9.13 Å². The molecule has 0 amide bonds. The molecule has 0 aliphatic heterocycles. The van der Waals surface area contributed by atoms with Crippen LogP contribution in [0.3, 0.4) is 0 Å². The van der Waals surface area contributed by atoms with E-state index < -0.39 is 97.5 Å². The Bertz CT molecular complexity index is 1910. The molecule has 0 saturated carbocycles. The Morgan fingerprint density at radius 3 is 0.687 bits per heavy atom. The number of esters is 4. The number of carbonyl (C=O) groups is 4. The van der Waals surface area contributed by atoms with E-state index in [1.165, 1.54) is 231 Å². The van der Waals surface area contributed by atoms with Gasteiger partial charge in [0, 0.05) is 25.7 Å². The molecule has 19 heteroatoms. The summed E-state index contributed by atoms with van der Waals surface area (Å²) in [4.78, 5) is 72.9. The summed E-state index contributed by atoms with van der Waals surface area (Å²) in [6, 6.07) is 0. The molecule has 0 aromatic carbocycles. The summed E-state index contributed by atoms with van der Waals surface area (Å²) in [6.07, 6.45) is 61.5. The first-order chi connectivity index (χ1) is 47.9. The zero-order valence-corrected chi connectivity index (χ0v) is 66.6. The summed E-state index contributed by atoms with van der Waals surface area (Å²) < 4.78 is 68.6. The molecule has 0 aromatic heterocycles.